The molecule has 1 saturated carbocycles. The summed E-state index contributed by atoms with van der Waals surface area (Å²) in [5.41, 5.74) is 0.0504. The van der Waals surface area contributed by atoms with Crippen LogP contribution in [0, 0.1) is 12.7 Å². The van der Waals surface area contributed by atoms with E-state index in [0.717, 1.165) is 18.4 Å². The van der Waals surface area contributed by atoms with Crippen LogP contribution >= 0.6 is 0 Å². The predicted molar refractivity (Wildman–Crippen MR) is 165 cm³/mol. The summed E-state index contributed by atoms with van der Waals surface area (Å²) < 4.78 is 97.2. The molecule has 0 saturated heterocycles. The number of unbranched alkanes of at least 4 members (excludes halogenated alkanes) is 1. The summed E-state index contributed by atoms with van der Waals surface area (Å²) in [5, 5.41) is 2.54. The Bertz CT molecular complexity index is 1550. The number of nitrogens with one attached hydrogen (secondary N) is 1. The number of carbonyl (C=O) groups is 2. The zero-order chi connectivity index (χ0) is 34.2. The lowest BCUT2D eigenvalue weighted by molar-refractivity contribution is -0.144. The van der Waals surface area contributed by atoms with Crippen LogP contribution in [0.15, 0.2) is 49.6 Å². The van der Waals surface area contributed by atoms with Gasteiger partial charge in [-0.2, -0.15) is 21.6 Å². The molecule has 0 heterocycles. The van der Waals surface area contributed by atoms with Gasteiger partial charge >= 0.3 is 12.1 Å². The predicted octanol–water partition coefficient (Wildman–Crippen LogP) is 7.07. The van der Waals surface area contributed by atoms with Gasteiger partial charge in [0.1, 0.15) is 11.6 Å². The van der Waals surface area contributed by atoms with Crippen molar-refractivity contribution in [1.82, 2.24) is 5.32 Å². The smallest absolute Gasteiger partial charge is 0.416 e. The van der Waals surface area contributed by atoms with E-state index in [1.807, 2.05) is 0 Å². The fourth-order valence-electron chi connectivity index (χ4n) is 5.01. The highest BCUT2D eigenvalue weighted by atomic mass is 32.2. The van der Waals surface area contributed by atoms with Crippen molar-refractivity contribution in [3.8, 4) is 16.9 Å². The van der Waals surface area contributed by atoms with E-state index in [9.17, 15) is 31.2 Å². The molecular weight excluding hydrogens is 630 g/mol. The molecule has 46 heavy (non-hydrogen) atoms. The highest BCUT2D eigenvalue weighted by molar-refractivity contribution is 7.86. The number of allylic oxidation sites excluding steroid dienone is 1. The summed E-state index contributed by atoms with van der Waals surface area (Å²) in [6.07, 6.45) is -0.856. The lowest BCUT2D eigenvalue weighted by atomic mass is 9.89. The molecular formula is C33H39F4NO7S. The molecule has 0 bridgehead atoms. The molecule has 0 unspecified atom stereocenters. The molecule has 2 aromatic carbocycles. The van der Waals surface area contributed by atoms with E-state index in [1.165, 1.54) is 19.1 Å². The van der Waals surface area contributed by atoms with Crippen molar-refractivity contribution in [1.29, 1.82) is 0 Å². The Morgan fingerprint density at radius 3 is 2.39 bits per heavy atom. The summed E-state index contributed by atoms with van der Waals surface area (Å²) in [7, 11) is -4.09. The van der Waals surface area contributed by atoms with Gasteiger partial charge in [-0.15, -0.1) is 13.2 Å². The van der Waals surface area contributed by atoms with E-state index >= 15 is 4.39 Å². The maximum atomic E-state index is 16.3. The second kappa shape index (κ2) is 15.7. The minimum atomic E-state index is -4.65. The van der Waals surface area contributed by atoms with Gasteiger partial charge in [0.05, 0.1) is 37.5 Å². The molecule has 13 heteroatoms. The first-order valence-electron chi connectivity index (χ1n) is 14.8. The largest absolute Gasteiger partial charge is 0.493 e. The first-order chi connectivity index (χ1) is 21.6. The van der Waals surface area contributed by atoms with Gasteiger partial charge in [0.15, 0.2) is 6.10 Å². The standard InChI is InChI=1S/C33H39F4NO7S/c1-6-9-10-14-44-28-18-23(33(35,36)37)15-20(4)30(28)22-16-24(21-12-13-21)31(34)25(17-22)26(19-29(39)43-8-3)38-32(40)27(11-7-2)45-46(5,41)42/h6-7,15-18,21,26-27H,1-2,8-14,19H2,3-5H3,(H,38,40)/t26-,27+/m0/s1. The summed E-state index contributed by atoms with van der Waals surface area (Å²) in [6, 6.07) is 3.44. The minimum absolute atomic E-state index is 0.00290. The van der Waals surface area contributed by atoms with E-state index in [0.29, 0.717) is 36.8 Å². The molecule has 0 aromatic heterocycles. The van der Waals surface area contributed by atoms with Crippen LogP contribution in [-0.2, 0) is 34.8 Å². The maximum Gasteiger partial charge on any atom is 0.416 e. The van der Waals surface area contributed by atoms with E-state index in [-0.39, 0.29) is 48.0 Å². The van der Waals surface area contributed by atoms with Crippen molar-refractivity contribution in [2.24, 2.45) is 0 Å². The number of aryl methyl sites for hydroxylation is 1. The lowest BCUT2D eigenvalue weighted by Gasteiger charge is -2.25. The molecule has 1 aliphatic rings. The number of hydrogen-bond acceptors (Lipinski definition) is 7. The topological polar surface area (TPSA) is 108 Å². The van der Waals surface area contributed by atoms with Crippen molar-refractivity contribution in [3.05, 3.63) is 77.6 Å². The Hall–Kier alpha value is -3.71. The molecule has 0 radical (unpaired) electrons. The van der Waals surface area contributed by atoms with Crippen LogP contribution in [0.1, 0.15) is 79.7 Å². The van der Waals surface area contributed by atoms with Crippen molar-refractivity contribution >= 4 is 22.0 Å². The van der Waals surface area contributed by atoms with Crippen LogP contribution in [0.25, 0.3) is 11.1 Å². The van der Waals surface area contributed by atoms with Crippen LogP contribution in [0.3, 0.4) is 0 Å². The van der Waals surface area contributed by atoms with E-state index < -0.39 is 58.1 Å². The number of alkyl halides is 3. The van der Waals surface area contributed by atoms with Crippen LogP contribution in [0.5, 0.6) is 5.75 Å². The number of amides is 1. The number of benzene rings is 2. The Morgan fingerprint density at radius 2 is 1.83 bits per heavy atom. The average Bonchev–Trinajstić information content (AvgIpc) is 3.79. The van der Waals surface area contributed by atoms with Crippen LogP contribution in [0.2, 0.25) is 0 Å². The number of hydrogen-bond donors (Lipinski definition) is 1. The quantitative estimate of drug-likeness (QED) is 0.0631. The van der Waals surface area contributed by atoms with Gasteiger partial charge in [0.25, 0.3) is 16.0 Å². The molecule has 252 valence electrons. The molecule has 2 aromatic rings. The molecule has 0 spiro atoms. The maximum absolute atomic E-state index is 16.3. The van der Waals surface area contributed by atoms with Crippen LogP contribution in [0.4, 0.5) is 17.6 Å². The molecule has 1 fully saturated rings. The molecule has 3 rings (SSSR count). The summed E-state index contributed by atoms with van der Waals surface area (Å²) in [5.74, 6) is -2.68. The number of esters is 1. The number of ether oxygens (including phenoxy) is 2. The van der Waals surface area contributed by atoms with Crippen molar-refractivity contribution in [3.63, 3.8) is 0 Å². The lowest BCUT2D eigenvalue weighted by Crippen LogP contribution is -2.40. The normalized spacial score (nSPS) is 14.7. The van der Waals surface area contributed by atoms with E-state index in [2.05, 4.69) is 18.5 Å². The Kier molecular flexibility index (Phi) is 12.6. The fourth-order valence-corrected chi connectivity index (χ4v) is 5.60. The second-order valence-corrected chi connectivity index (χ2v) is 12.7. The van der Waals surface area contributed by atoms with Gasteiger partial charge in [0, 0.05) is 17.5 Å². The Balaban J connectivity index is 2.21. The Labute approximate surface area is 266 Å². The van der Waals surface area contributed by atoms with Gasteiger partial charge in [-0.3, -0.25) is 13.8 Å². The van der Waals surface area contributed by atoms with Gasteiger partial charge in [-0.05, 0) is 86.4 Å². The number of carbonyl (C=O) groups excluding carboxylic acids is 2. The van der Waals surface area contributed by atoms with Gasteiger partial charge in [-0.25, -0.2) is 4.39 Å². The zero-order valence-electron chi connectivity index (χ0n) is 26.0. The van der Waals surface area contributed by atoms with Crippen molar-refractivity contribution in [2.75, 3.05) is 19.5 Å². The van der Waals surface area contributed by atoms with Gasteiger partial charge in [0.2, 0.25) is 0 Å². The molecule has 0 aliphatic heterocycles. The fraction of sp³-hybridized carbons (Fsp3) is 0.455. The molecule has 1 aliphatic carbocycles. The number of halogens is 4. The first-order valence-corrected chi connectivity index (χ1v) is 16.7. The van der Waals surface area contributed by atoms with E-state index in [4.69, 9.17) is 13.7 Å². The van der Waals surface area contributed by atoms with Gasteiger partial charge < -0.3 is 14.8 Å². The third-order valence-electron chi connectivity index (χ3n) is 7.20. The molecule has 2 atom stereocenters. The highest BCUT2D eigenvalue weighted by Gasteiger charge is 2.35. The second-order valence-electron chi connectivity index (χ2n) is 11.1. The molecule has 1 N–H and O–H groups in total. The summed E-state index contributed by atoms with van der Waals surface area (Å²) >= 11 is 0. The highest BCUT2D eigenvalue weighted by Crippen LogP contribution is 2.47. The molecule has 1 amide bonds. The molecule has 8 nitrogen and oxygen atoms in total. The van der Waals surface area contributed by atoms with Crippen molar-refractivity contribution in [2.45, 2.75) is 76.6 Å². The monoisotopic (exact) mass is 669 g/mol. The minimum Gasteiger partial charge on any atom is -0.493 e. The average molecular weight is 670 g/mol. The third kappa shape index (κ3) is 10.1. The van der Waals surface area contributed by atoms with Gasteiger partial charge in [-0.1, -0.05) is 12.2 Å². The third-order valence-corrected chi connectivity index (χ3v) is 7.79. The Morgan fingerprint density at radius 1 is 1.13 bits per heavy atom. The first kappa shape index (κ1) is 36.8. The summed E-state index contributed by atoms with van der Waals surface area (Å²) in [4.78, 5) is 26.0. The van der Waals surface area contributed by atoms with Crippen LogP contribution in [-0.4, -0.2) is 45.9 Å². The number of rotatable bonds is 17. The zero-order valence-corrected chi connectivity index (χ0v) is 26.9. The van der Waals surface area contributed by atoms with Crippen LogP contribution < -0.4 is 10.1 Å². The van der Waals surface area contributed by atoms with E-state index in [1.54, 1.807) is 19.1 Å². The van der Waals surface area contributed by atoms with Crippen molar-refractivity contribution < 1.29 is 49.2 Å². The summed E-state index contributed by atoms with van der Waals surface area (Å²) in [6.45, 7) is 10.3. The SMILES string of the molecule is C=CCCCOc1cc(C(F)(F)F)cc(C)c1-c1cc(C2CC2)c(F)c([C@H](CC(=O)OCC)NC(=O)[C@@H](CC=C)OS(C)(=O)=O)c1.